The van der Waals surface area contributed by atoms with E-state index in [0.717, 1.165) is 34.9 Å². The number of hydrogen-bond acceptors (Lipinski definition) is 3. The van der Waals surface area contributed by atoms with Gasteiger partial charge in [0.1, 0.15) is 5.58 Å². The highest BCUT2D eigenvalue weighted by atomic mass is 16.3. The number of rotatable bonds is 6. The maximum atomic E-state index is 12.8. The van der Waals surface area contributed by atoms with Crippen molar-refractivity contribution in [1.82, 2.24) is 9.80 Å². The number of benzene rings is 2. The largest absolute Gasteiger partial charge is 0.464 e. The van der Waals surface area contributed by atoms with Crippen LogP contribution < -0.4 is 0 Å². The molecule has 0 unspecified atom stereocenters. The molecule has 1 fully saturated rings. The average molecular weight is 419 g/mol. The van der Waals surface area contributed by atoms with E-state index in [9.17, 15) is 9.59 Å². The molecule has 2 amide bonds. The molecule has 5 heteroatoms. The van der Waals surface area contributed by atoms with E-state index in [0.29, 0.717) is 39.0 Å². The fourth-order valence-corrected chi connectivity index (χ4v) is 4.25. The minimum Gasteiger partial charge on any atom is -0.464 e. The van der Waals surface area contributed by atoms with Gasteiger partial charge in [0.15, 0.2) is 0 Å². The number of piperazine rings is 1. The lowest BCUT2D eigenvalue weighted by molar-refractivity contribution is -0.139. The number of hydrogen-bond donors (Lipinski definition) is 0. The second-order valence-corrected chi connectivity index (χ2v) is 8.42. The van der Waals surface area contributed by atoms with Gasteiger partial charge in [-0.3, -0.25) is 9.59 Å². The molecule has 0 spiro atoms. The highest BCUT2D eigenvalue weighted by Crippen LogP contribution is 2.27. The molecule has 0 radical (unpaired) electrons. The van der Waals surface area contributed by atoms with E-state index in [1.165, 1.54) is 11.1 Å². The number of furan rings is 1. The zero-order chi connectivity index (χ0) is 21.8. The van der Waals surface area contributed by atoms with Gasteiger partial charge in [-0.2, -0.15) is 0 Å². The van der Waals surface area contributed by atoms with Crippen molar-refractivity contribution >= 4 is 22.8 Å². The molecule has 0 N–H and O–H groups in total. The van der Waals surface area contributed by atoms with Crippen molar-refractivity contribution in [2.24, 2.45) is 0 Å². The van der Waals surface area contributed by atoms with Crippen LogP contribution in [0.2, 0.25) is 0 Å². The first-order chi connectivity index (χ1) is 15.0. The smallest absolute Gasteiger partial charge is 0.227 e. The Balaban J connectivity index is 1.26. The highest BCUT2D eigenvalue weighted by Gasteiger charge is 2.24. The first-order valence-corrected chi connectivity index (χ1v) is 11.1. The lowest BCUT2D eigenvalue weighted by Gasteiger charge is -2.35. The molecule has 1 aliphatic heterocycles. The quantitative estimate of drug-likeness (QED) is 0.600. The van der Waals surface area contributed by atoms with Gasteiger partial charge in [0.2, 0.25) is 11.8 Å². The number of nitrogens with zero attached hydrogens (tertiary/aromatic N) is 2. The Kier molecular flexibility index (Phi) is 6.40. The topological polar surface area (TPSA) is 53.8 Å². The van der Waals surface area contributed by atoms with Crippen LogP contribution in [0.1, 0.15) is 35.1 Å². The molecular weight excluding hydrogens is 388 g/mol. The Morgan fingerprint density at radius 1 is 0.903 bits per heavy atom. The molecule has 3 aromatic rings. The van der Waals surface area contributed by atoms with Gasteiger partial charge in [0, 0.05) is 43.5 Å². The molecule has 0 saturated carbocycles. The monoisotopic (exact) mass is 418 g/mol. The summed E-state index contributed by atoms with van der Waals surface area (Å²) in [7, 11) is 0. The van der Waals surface area contributed by atoms with Gasteiger partial charge in [-0.05, 0) is 43.4 Å². The molecule has 2 heterocycles. The normalized spacial score (nSPS) is 14.3. The van der Waals surface area contributed by atoms with Crippen LogP contribution in [0.15, 0.2) is 53.1 Å². The maximum absolute atomic E-state index is 12.8. The summed E-state index contributed by atoms with van der Waals surface area (Å²) in [4.78, 5) is 29.1. The highest BCUT2D eigenvalue weighted by molar-refractivity contribution is 5.89. The Labute approximate surface area is 183 Å². The Bertz CT molecular complexity index is 1060. The summed E-state index contributed by atoms with van der Waals surface area (Å²) >= 11 is 0. The van der Waals surface area contributed by atoms with Gasteiger partial charge >= 0.3 is 0 Å². The van der Waals surface area contributed by atoms with Crippen LogP contribution in [0.25, 0.3) is 11.0 Å². The average Bonchev–Trinajstić information content (AvgIpc) is 3.20. The molecule has 0 atom stereocenters. The van der Waals surface area contributed by atoms with Gasteiger partial charge in [-0.1, -0.05) is 42.5 Å². The van der Waals surface area contributed by atoms with Crippen LogP contribution in [0, 0.1) is 13.8 Å². The molecule has 5 nitrogen and oxygen atoms in total. The zero-order valence-electron chi connectivity index (χ0n) is 18.4. The second-order valence-electron chi connectivity index (χ2n) is 8.42. The van der Waals surface area contributed by atoms with Gasteiger partial charge in [0.25, 0.3) is 0 Å². The van der Waals surface area contributed by atoms with Crippen molar-refractivity contribution in [1.29, 1.82) is 0 Å². The third kappa shape index (κ3) is 4.82. The fraction of sp³-hybridized carbons (Fsp3) is 0.385. The van der Waals surface area contributed by atoms with Crippen LogP contribution >= 0.6 is 0 Å². The third-order valence-electron chi connectivity index (χ3n) is 6.37. The van der Waals surface area contributed by atoms with Crippen molar-refractivity contribution in [3.63, 3.8) is 0 Å². The number of carbonyl (C=O) groups is 2. The Morgan fingerprint density at radius 3 is 2.29 bits per heavy atom. The summed E-state index contributed by atoms with van der Waals surface area (Å²) < 4.78 is 5.74. The predicted octanol–water partition coefficient (Wildman–Crippen LogP) is 4.29. The number of amides is 2. The fourth-order valence-electron chi connectivity index (χ4n) is 4.25. The van der Waals surface area contributed by atoms with Crippen molar-refractivity contribution in [2.75, 3.05) is 26.2 Å². The molecule has 1 aliphatic rings. The van der Waals surface area contributed by atoms with Crippen molar-refractivity contribution < 1.29 is 14.0 Å². The first-order valence-electron chi connectivity index (χ1n) is 11.1. The molecule has 0 bridgehead atoms. The van der Waals surface area contributed by atoms with E-state index in [1.54, 1.807) is 6.26 Å². The van der Waals surface area contributed by atoms with E-state index in [1.807, 2.05) is 41.0 Å². The van der Waals surface area contributed by atoms with Gasteiger partial charge < -0.3 is 14.2 Å². The zero-order valence-corrected chi connectivity index (χ0v) is 18.4. The Hall–Kier alpha value is -3.08. The summed E-state index contributed by atoms with van der Waals surface area (Å²) in [5.41, 5.74) is 5.37. The molecule has 4 rings (SSSR count). The summed E-state index contributed by atoms with van der Waals surface area (Å²) in [6, 6.07) is 14.4. The number of aryl methyl sites for hydroxylation is 3. The van der Waals surface area contributed by atoms with Crippen LogP contribution in [-0.4, -0.2) is 47.8 Å². The lowest BCUT2D eigenvalue weighted by Crippen LogP contribution is -2.50. The minimum absolute atomic E-state index is 0.0945. The van der Waals surface area contributed by atoms with Crippen LogP contribution in [-0.2, 0) is 22.4 Å². The van der Waals surface area contributed by atoms with Gasteiger partial charge in [-0.25, -0.2) is 0 Å². The van der Waals surface area contributed by atoms with Crippen molar-refractivity contribution in [3.8, 4) is 0 Å². The van der Waals surface area contributed by atoms with Crippen molar-refractivity contribution in [2.45, 2.75) is 39.5 Å². The molecule has 31 heavy (non-hydrogen) atoms. The number of fused-ring (bicyclic) bond motifs is 1. The van der Waals surface area contributed by atoms with Crippen molar-refractivity contribution in [3.05, 3.63) is 71.0 Å². The van der Waals surface area contributed by atoms with E-state index in [-0.39, 0.29) is 11.8 Å². The van der Waals surface area contributed by atoms with Gasteiger partial charge in [-0.15, -0.1) is 0 Å². The molecule has 162 valence electrons. The molecule has 1 saturated heterocycles. The molecule has 1 aromatic heterocycles. The minimum atomic E-state index is 0.0945. The van der Waals surface area contributed by atoms with E-state index in [4.69, 9.17) is 4.42 Å². The summed E-state index contributed by atoms with van der Waals surface area (Å²) in [5, 5.41) is 1.02. The van der Waals surface area contributed by atoms with E-state index >= 15 is 0 Å². The third-order valence-corrected chi connectivity index (χ3v) is 6.37. The predicted molar refractivity (Wildman–Crippen MR) is 122 cm³/mol. The Morgan fingerprint density at radius 2 is 1.58 bits per heavy atom. The SMILES string of the molecule is Cc1ccc2c(CC(=O)N3CCN(C(=O)CCCc4ccccc4)CC3)coc2c1C. The molecule has 0 aliphatic carbocycles. The second kappa shape index (κ2) is 9.38. The lowest BCUT2D eigenvalue weighted by atomic mass is 10.0. The summed E-state index contributed by atoms with van der Waals surface area (Å²) in [5.74, 6) is 0.284. The van der Waals surface area contributed by atoms with Crippen LogP contribution in [0.3, 0.4) is 0 Å². The van der Waals surface area contributed by atoms with Crippen LogP contribution in [0.4, 0.5) is 0 Å². The van der Waals surface area contributed by atoms with E-state index < -0.39 is 0 Å². The standard InChI is InChI=1S/C26H30N2O3/c1-19-11-12-23-22(18-31-26(23)20(19)2)17-25(30)28-15-13-27(14-16-28)24(29)10-6-9-21-7-4-3-5-8-21/h3-5,7-8,11-12,18H,6,9-10,13-17H2,1-2H3. The molecule has 2 aromatic carbocycles. The van der Waals surface area contributed by atoms with Crippen LogP contribution in [0.5, 0.6) is 0 Å². The van der Waals surface area contributed by atoms with E-state index in [2.05, 4.69) is 25.1 Å². The maximum Gasteiger partial charge on any atom is 0.227 e. The summed E-state index contributed by atoms with van der Waals surface area (Å²) in [6.45, 7) is 6.52. The first kappa shape index (κ1) is 21.2. The molecular formula is C26H30N2O3. The number of carbonyl (C=O) groups excluding carboxylic acids is 2. The summed E-state index contributed by atoms with van der Waals surface area (Å²) in [6.07, 6.45) is 4.38. The van der Waals surface area contributed by atoms with Gasteiger partial charge in [0.05, 0.1) is 12.7 Å².